The first-order valence-electron chi connectivity index (χ1n) is 8.27. The molecule has 1 aromatic heterocycles. The number of aryl methyl sites for hydroxylation is 1. The molecule has 0 aliphatic carbocycles. The molecule has 136 valence electrons. The van der Waals surface area contributed by atoms with Crippen LogP contribution in [0.5, 0.6) is 11.5 Å². The van der Waals surface area contributed by atoms with Crippen LogP contribution in [0.2, 0.25) is 0 Å². The maximum absolute atomic E-state index is 12.7. The Kier molecular flexibility index (Phi) is 4.91. The number of nitrogens with zero attached hydrogens (tertiary/aromatic N) is 3. The number of aromatic nitrogens is 2. The van der Waals surface area contributed by atoms with Gasteiger partial charge in [-0.2, -0.15) is 0 Å². The van der Waals surface area contributed by atoms with E-state index in [-0.39, 0.29) is 18.2 Å². The number of para-hydroxylation sites is 1. The summed E-state index contributed by atoms with van der Waals surface area (Å²) < 4.78 is 6.45. The smallest absolute Gasteiger partial charge is 0.247 e. The van der Waals surface area contributed by atoms with Gasteiger partial charge in [0.05, 0.1) is 5.69 Å². The molecule has 0 bridgehead atoms. The number of carbonyl (C=O) groups is 2. The predicted octanol–water partition coefficient (Wildman–Crippen LogP) is 4.06. The molecule has 27 heavy (non-hydrogen) atoms. The normalized spacial score (nSPS) is 16.8. The van der Waals surface area contributed by atoms with Gasteiger partial charge in [0.2, 0.25) is 11.8 Å². The fourth-order valence-corrected chi connectivity index (χ4v) is 4.79. The van der Waals surface area contributed by atoms with Gasteiger partial charge in [-0.3, -0.25) is 9.59 Å². The second kappa shape index (κ2) is 7.50. The van der Waals surface area contributed by atoms with Crippen LogP contribution in [0.4, 0.5) is 5.69 Å². The zero-order valence-electron chi connectivity index (χ0n) is 14.4. The number of carbonyl (C=O) groups excluding carboxylic acids is 2. The summed E-state index contributed by atoms with van der Waals surface area (Å²) in [6.07, 6.45) is 0.157. The summed E-state index contributed by atoms with van der Waals surface area (Å²) in [5.41, 5.74) is 0.543. The second-order valence-corrected chi connectivity index (χ2v) is 8.51. The number of thioether (sulfide) groups is 1. The number of anilines is 1. The molecule has 0 unspecified atom stereocenters. The molecule has 1 saturated heterocycles. The Morgan fingerprint density at radius 2 is 1.74 bits per heavy atom. The van der Waals surface area contributed by atoms with Gasteiger partial charge < -0.3 is 4.74 Å². The van der Waals surface area contributed by atoms with Crippen LogP contribution in [0.1, 0.15) is 11.4 Å². The van der Waals surface area contributed by atoms with E-state index in [9.17, 15) is 9.59 Å². The minimum Gasteiger partial charge on any atom is -0.457 e. The van der Waals surface area contributed by atoms with Crippen molar-refractivity contribution in [3.8, 4) is 11.5 Å². The van der Waals surface area contributed by atoms with Gasteiger partial charge in [0.25, 0.3) is 0 Å². The molecule has 1 aliphatic rings. The maximum Gasteiger partial charge on any atom is 0.247 e. The van der Waals surface area contributed by atoms with Crippen LogP contribution in [0.15, 0.2) is 58.9 Å². The Morgan fingerprint density at radius 3 is 2.41 bits per heavy atom. The number of imide groups is 1. The molecular formula is C19H15N3O3S2. The van der Waals surface area contributed by atoms with Crippen molar-refractivity contribution < 1.29 is 14.3 Å². The topological polar surface area (TPSA) is 72.4 Å². The first-order valence-corrected chi connectivity index (χ1v) is 9.96. The van der Waals surface area contributed by atoms with Gasteiger partial charge in [-0.05, 0) is 43.3 Å². The maximum atomic E-state index is 12.7. The van der Waals surface area contributed by atoms with Gasteiger partial charge in [-0.25, -0.2) is 4.90 Å². The van der Waals surface area contributed by atoms with E-state index >= 15 is 0 Å². The largest absolute Gasteiger partial charge is 0.457 e. The van der Waals surface area contributed by atoms with Crippen LogP contribution in [0.25, 0.3) is 0 Å². The van der Waals surface area contributed by atoms with E-state index in [1.165, 1.54) is 28.0 Å². The van der Waals surface area contributed by atoms with E-state index in [1.54, 1.807) is 24.3 Å². The van der Waals surface area contributed by atoms with Crippen molar-refractivity contribution in [3.05, 3.63) is 59.6 Å². The first-order chi connectivity index (χ1) is 13.1. The third kappa shape index (κ3) is 3.86. The SMILES string of the molecule is Cc1nnc(S[C@@H]2CC(=O)N(c3ccc(Oc4ccccc4)cc3)C2=O)s1. The predicted molar refractivity (Wildman–Crippen MR) is 104 cm³/mol. The van der Waals surface area contributed by atoms with E-state index in [2.05, 4.69) is 10.2 Å². The highest BCUT2D eigenvalue weighted by molar-refractivity contribution is 8.02. The van der Waals surface area contributed by atoms with Crippen LogP contribution in [-0.4, -0.2) is 27.3 Å². The first kappa shape index (κ1) is 17.7. The molecule has 0 saturated carbocycles. The van der Waals surface area contributed by atoms with Crippen molar-refractivity contribution in [1.29, 1.82) is 0 Å². The lowest BCUT2D eigenvalue weighted by atomic mass is 10.2. The summed E-state index contributed by atoms with van der Waals surface area (Å²) in [5, 5.41) is 8.33. The third-order valence-corrected chi connectivity index (χ3v) is 6.04. The highest BCUT2D eigenvalue weighted by Gasteiger charge is 2.40. The van der Waals surface area contributed by atoms with Crippen LogP contribution in [-0.2, 0) is 9.59 Å². The highest BCUT2D eigenvalue weighted by atomic mass is 32.2. The van der Waals surface area contributed by atoms with Crippen molar-refractivity contribution in [1.82, 2.24) is 10.2 Å². The van der Waals surface area contributed by atoms with E-state index < -0.39 is 5.25 Å². The lowest BCUT2D eigenvalue weighted by molar-refractivity contribution is -0.121. The Hall–Kier alpha value is -2.71. The summed E-state index contributed by atoms with van der Waals surface area (Å²) >= 11 is 2.72. The third-order valence-electron chi connectivity index (χ3n) is 3.93. The van der Waals surface area contributed by atoms with E-state index in [4.69, 9.17) is 4.74 Å². The summed E-state index contributed by atoms with van der Waals surface area (Å²) in [6, 6.07) is 16.3. The van der Waals surface area contributed by atoms with Crippen LogP contribution in [0.3, 0.4) is 0 Å². The zero-order chi connectivity index (χ0) is 18.8. The van der Waals surface area contributed by atoms with Crippen molar-refractivity contribution in [2.45, 2.75) is 22.9 Å². The molecule has 3 aromatic rings. The van der Waals surface area contributed by atoms with Gasteiger partial charge in [0.1, 0.15) is 21.8 Å². The van der Waals surface area contributed by atoms with E-state index in [0.717, 1.165) is 10.8 Å². The summed E-state index contributed by atoms with van der Waals surface area (Å²) in [4.78, 5) is 26.3. The molecule has 2 aromatic carbocycles. The van der Waals surface area contributed by atoms with Crippen molar-refractivity contribution >= 4 is 40.6 Å². The van der Waals surface area contributed by atoms with Crippen molar-refractivity contribution in [2.24, 2.45) is 0 Å². The minimum absolute atomic E-state index is 0.157. The van der Waals surface area contributed by atoms with Gasteiger partial charge in [-0.1, -0.05) is 41.3 Å². The fourth-order valence-electron chi connectivity index (χ4n) is 2.70. The highest BCUT2D eigenvalue weighted by Crippen LogP contribution is 2.35. The van der Waals surface area contributed by atoms with Crippen LogP contribution in [0, 0.1) is 6.92 Å². The van der Waals surface area contributed by atoms with Crippen molar-refractivity contribution in [2.75, 3.05) is 4.90 Å². The molecule has 4 rings (SSSR count). The van der Waals surface area contributed by atoms with Crippen LogP contribution >= 0.6 is 23.1 Å². The molecule has 2 heterocycles. The quantitative estimate of drug-likeness (QED) is 0.605. The Labute approximate surface area is 164 Å². The Balaban J connectivity index is 1.47. The van der Waals surface area contributed by atoms with E-state index in [1.807, 2.05) is 37.3 Å². The number of amides is 2. The molecule has 0 spiro atoms. The lowest BCUT2D eigenvalue weighted by Crippen LogP contribution is -2.31. The van der Waals surface area contributed by atoms with Gasteiger partial charge in [-0.15, -0.1) is 10.2 Å². The molecular weight excluding hydrogens is 382 g/mol. The summed E-state index contributed by atoms with van der Waals surface area (Å²) in [7, 11) is 0. The van der Waals surface area contributed by atoms with Crippen molar-refractivity contribution in [3.63, 3.8) is 0 Å². The molecule has 2 amide bonds. The number of benzene rings is 2. The molecule has 0 N–H and O–H groups in total. The average molecular weight is 397 g/mol. The van der Waals surface area contributed by atoms with E-state index in [0.29, 0.717) is 15.8 Å². The molecule has 1 fully saturated rings. The second-order valence-electron chi connectivity index (χ2n) is 5.87. The summed E-state index contributed by atoms with van der Waals surface area (Å²) in [6.45, 7) is 1.86. The van der Waals surface area contributed by atoms with Gasteiger partial charge in [0.15, 0.2) is 4.34 Å². The monoisotopic (exact) mass is 397 g/mol. The molecule has 1 atom stereocenters. The average Bonchev–Trinajstić information content (AvgIpc) is 3.20. The van der Waals surface area contributed by atoms with Crippen LogP contribution < -0.4 is 9.64 Å². The standard InChI is InChI=1S/C19H15N3O3S2/c1-12-20-21-19(26-12)27-16-11-17(23)22(18(16)24)13-7-9-15(10-8-13)25-14-5-3-2-4-6-14/h2-10,16H,11H2,1H3/t16-/m1/s1. The molecule has 1 aliphatic heterocycles. The number of hydrogen-bond donors (Lipinski definition) is 0. The Morgan fingerprint density at radius 1 is 1.04 bits per heavy atom. The molecule has 0 radical (unpaired) electrons. The lowest BCUT2D eigenvalue weighted by Gasteiger charge is -2.15. The molecule has 8 heteroatoms. The molecule has 6 nitrogen and oxygen atoms in total. The number of hydrogen-bond acceptors (Lipinski definition) is 7. The Bertz CT molecular complexity index is 973. The summed E-state index contributed by atoms with van der Waals surface area (Å²) in [5.74, 6) is 0.923. The van der Waals surface area contributed by atoms with Gasteiger partial charge >= 0.3 is 0 Å². The number of rotatable bonds is 5. The van der Waals surface area contributed by atoms with Gasteiger partial charge in [0, 0.05) is 6.42 Å². The fraction of sp³-hybridized carbons (Fsp3) is 0.158. The minimum atomic E-state index is -0.468. The number of ether oxygens (including phenoxy) is 1. The zero-order valence-corrected chi connectivity index (χ0v) is 16.0.